The highest BCUT2D eigenvalue weighted by Gasteiger charge is 2.40. The van der Waals surface area contributed by atoms with Crippen molar-refractivity contribution in [1.82, 2.24) is 20.6 Å². The third-order valence-corrected chi connectivity index (χ3v) is 6.60. The lowest BCUT2D eigenvalue weighted by Crippen LogP contribution is -2.54. The molecule has 10 heteroatoms. The van der Waals surface area contributed by atoms with Gasteiger partial charge in [-0.3, -0.25) is 20.3 Å². The minimum atomic E-state index is -1.15. The van der Waals surface area contributed by atoms with Crippen LogP contribution in [-0.4, -0.2) is 53.3 Å². The monoisotopic (exact) mass is 503 g/mol. The fourth-order valence-corrected chi connectivity index (χ4v) is 4.58. The number of carbonyl (C=O) groups is 2. The van der Waals surface area contributed by atoms with Crippen molar-refractivity contribution in [3.05, 3.63) is 71.1 Å². The van der Waals surface area contributed by atoms with Crippen LogP contribution in [0.1, 0.15) is 36.4 Å². The first-order chi connectivity index (χ1) is 17.7. The third-order valence-electron chi connectivity index (χ3n) is 6.60. The molecule has 2 aromatic carbocycles. The average Bonchev–Trinajstić information content (AvgIpc) is 3.57. The van der Waals surface area contributed by atoms with E-state index < -0.39 is 17.6 Å². The maximum atomic E-state index is 13.7. The summed E-state index contributed by atoms with van der Waals surface area (Å²) in [6.07, 6.45) is 3.77. The van der Waals surface area contributed by atoms with Gasteiger partial charge in [0.1, 0.15) is 17.2 Å². The highest BCUT2D eigenvalue weighted by Crippen LogP contribution is 2.31. The van der Waals surface area contributed by atoms with Gasteiger partial charge in [-0.25, -0.2) is 4.98 Å². The van der Waals surface area contributed by atoms with Crippen LogP contribution in [0.3, 0.4) is 0 Å². The topological polar surface area (TPSA) is 158 Å². The first-order valence-electron chi connectivity index (χ1n) is 12.2. The van der Waals surface area contributed by atoms with E-state index in [1.807, 2.05) is 43.3 Å². The van der Waals surface area contributed by atoms with Gasteiger partial charge in [-0.15, -0.1) is 0 Å². The molecule has 2 atom stereocenters. The second-order valence-corrected chi connectivity index (χ2v) is 9.12. The molecule has 4 rings (SSSR count). The van der Waals surface area contributed by atoms with E-state index in [9.17, 15) is 9.59 Å². The zero-order valence-electron chi connectivity index (χ0n) is 21.3. The van der Waals surface area contributed by atoms with E-state index >= 15 is 0 Å². The summed E-state index contributed by atoms with van der Waals surface area (Å²) in [5.41, 5.74) is 9.12. The van der Waals surface area contributed by atoms with Crippen LogP contribution in [0.25, 0.3) is 11.0 Å². The van der Waals surface area contributed by atoms with E-state index in [-0.39, 0.29) is 24.8 Å². The molecule has 0 saturated heterocycles. The summed E-state index contributed by atoms with van der Waals surface area (Å²) in [7, 11) is 0. The molecule has 3 aromatic rings. The molecule has 7 N–H and O–H groups in total. The van der Waals surface area contributed by atoms with Crippen molar-refractivity contribution in [2.24, 2.45) is 5.73 Å². The number of carbonyl (C=O) groups excluding carboxylic acids is 2. The van der Waals surface area contributed by atoms with E-state index in [0.29, 0.717) is 18.7 Å². The van der Waals surface area contributed by atoms with Gasteiger partial charge >= 0.3 is 5.97 Å². The Kier molecular flexibility index (Phi) is 7.70. The average molecular weight is 504 g/mol. The van der Waals surface area contributed by atoms with Gasteiger partial charge in [0.05, 0.1) is 36.8 Å². The van der Waals surface area contributed by atoms with Crippen molar-refractivity contribution in [2.75, 3.05) is 25.0 Å². The van der Waals surface area contributed by atoms with Gasteiger partial charge in [-0.1, -0.05) is 18.2 Å². The van der Waals surface area contributed by atoms with Gasteiger partial charge < -0.3 is 26.1 Å². The number of benzene rings is 2. The first-order valence-corrected chi connectivity index (χ1v) is 12.2. The molecule has 0 fully saturated rings. The summed E-state index contributed by atoms with van der Waals surface area (Å²) in [5, 5.41) is 17.2. The fraction of sp³-hybridized carbons (Fsp3) is 0.333. The van der Waals surface area contributed by atoms with Crippen molar-refractivity contribution in [2.45, 2.75) is 38.9 Å². The van der Waals surface area contributed by atoms with Crippen LogP contribution in [0.15, 0.2) is 48.6 Å². The highest BCUT2D eigenvalue weighted by atomic mass is 16.5. The molecule has 2 heterocycles. The molecule has 1 aliphatic heterocycles. The number of amidine groups is 1. The molecule has 194 valence electrons. The van der Waals surface area contributed by atoms with Gasteiger partial charge in [0, 0.05) is 17.8 Å². The summed E-state index contributed by atoms with van der Waals surface area (Å²) in [4.78, 5) is 33.9. The number of aryl methyl sites for hydroxylation is 1. The van der Waals surface area contributed by atoms with Crippen LogP contribution in [0.4, 0.5) is 5.69 Å². The Morgan fingerprint density at radius 2 is 2.00 bits per heavy atom. The van der Waals surface area contributed by atoms with E-state index in [1.165, 1.54) is 0 Å². The molecular formula is C27H33N7O3. The Hall–Kier alpha value is -4.02. The van der Waals surface area contributed by atoms with Crippen LogP contribution in [0, 0.1) is 12.3 Å². The lowest BCUT2D eigenvalue weighted by molar-refractivity contribution is -0.142. The Bertz CT molecular complexity index is 1350. The standard InChI is InChI=1S/C27H33N7O3/c1-4-37-23(35)15-32-27(3,25(36)21-6-5-13-30-21)19-11-12-20-24(16(19)2)34-22(33-20)14-31-18-9-7-17(8-10-18)26(28)29/h5-12,21,30-32H,4,13-15H2,1-3H3,(H3,28,29)(H,33,34). The number of anilines is 1. The number of hydrogen-bond donors (Lipinski definition) is 6. The van der Waals surface area contributed by atoms with Crippen LogP contribution in [0.5, 0.6) is 0 Å². The molecule has 0 spiro atoms. The number of ether oxygens (including phenoxy) is 1. The number of aromatic amines is 1. The van der Waals surface area contributed by atoms with Crippen LogP contribution < -0.4 is 21.7 Å². The molecule has 1 aliphatic rings. The SMILES string of the molecule is CCOC(=O)CNC(C)(C(=O)C1C=CCN1)c1ccc2[nH]c(CNc3ccc(C(=N)N)cc3)nc2c1C. The molecular weight excluding hydrogens is 470 g/mol. The predicted octanol–water partition coefficient (Wildman–Crippen LogP) is 2.23. The molecule has 1 aromatic heterocycles. The van der Waals surface area contributed by atoms with Crippen LogP contribution in [0.2, 0.25) is 0 Å². The summed E-state index contributed by atoms with van der Waals surface area (Å²) in [5.74, 6) is 0.259. The number of nitrogens with zero attached hydrogens (tertiary/aromatic N) is 1. The number of imidazole rings is 1. The summed E-state index contributed by atoms with van der Waals surface area (Å²) < 4.78 is 5.08. The Balaban J connectivity index is 1.60. The van der Waals surface area contributed by atoms with Gasteiger partial charge in [0.15, 0.2) is 5.78 Å². The van der Waals surface area contributed by atoms with Gasteiger partial charge in [0.2, 0.25) is 0 Å². The van der Waals surface area contributed by atoms with Crippen molar-refractivity contribution in [3.63, 3.8) is 0 Å². The Morgan fingerprint density at radius 3 is 2.65 bits per heavy atom. The molecule has 2 unspecified atom stereocenters. The van der Waals surface area contributed by atoms with Crippen molar-refractivity contribution in [1.29, 1.82) is 5.41 Å². The lowest BCUT2D eigenvalue weighted by atomic mass is 9.81. The smallest absolute Gasteiger partial charge is 0.319 e. The zero-order chi connectivity index (χ0) is 26.6. The second kappa shape index (κ2) is 10.9. The van der Waals surface area contributed by atoms with E-state index in [0.717, 1.165) is 33.7 Å². The predicted molar refractivity (Wildman–Crippen MR) is 144 cm³/mol. The fourth-order valence-electron chi connectivity index (χ4n) is 4.58. The Morgan fingerprint density at radius 1 is 1.24 bits per heavy atom. The zero-order valence-corrected chi connectivity index (χ0v) is 21.3. The number of Topliss-reactive ketones (excluding diaryl/α,β-unsaturated/α-hetero) is 1. The van der Waals surface area contributed by atoms with Crippen molar-refractivity contribution < 1.29 is 14.3 Å². The Labute approximate surface area is 215 Å². The summed E-state index contributed by atoms with van der Waals surface area (Å²) >= 11 is 0. The number of ketones is 1. The first kappa shape index (κ1) is 26.1. The number of fused-ring (bicyclic) bond motifs is 1. The van der Waals surface area contributed by atoms with E-state index in [2.05, 4.69) is 20.9 Å². The minimum absolute atomic E-state index is 0.0251. The molecule has 37 heavy (non-hydrogen) atoms. The molecule has 0 amide bonds. The van der Waals surface area contributed by atoms with E-state index in [1.54, 1.807) is 26.0 Å². The number of nitrogen functional groups attached to an aromatic ring is 1. The van der Waals surface area contributed by atoms with Crippen molar-refractivity contribution in [3.8, 4) is 0 Å². The van der Waals surface area contributed by atoms with Gasteiger partial charge in [-0.2, -0.15) is 0 Å². The molecule has 0 radical (unpaired) electrons. The maximum Gasteiger partial charge on any atom is 0.319 e. The largest absolute Gasteiger partial charge is 0.465 e. The maximum absolute atomic E-state index is 13.7. The second-order valence-electron chi connectivity index (χ2n) is 9.12. The third kappa shape index (κ3) is 5.55. The summed E-state index contributed by atoms with van der Waals surface area (Å²) in [6.45, 7) is 6.74. The number of hydrogen-bond acceptors (Lipinski definition) is 8. The summed E-state index contributed by atoms with van der Waals surface area (Å²) in [6, 6.07) is 10.7. The number of aromatic nitrogens is 2. The number of nitrogens with two attached hydrogens (primary N) is 1. The number of nitrogens with one attached hydrogen (secondary N) is 5. The van der Waals surface area contributed by atoms with Crippen LogP contribution >= 0.6 is 0 Å². The molecule has 0 bridgehead atoms. The highest BCUT2D eigenvalue weighted by molar-refractivity contribution is 5.97. The number of esters is 1. The normalized spacial score (nSPS) is 16.5. The van der Waals surface area contributed by atoms with Gasteiger partial charge in [-0.05, 0) is 62.2 Å². The molecule has 0 aliphatic carbocycles. The minimum Gasteiger partial charge on any atom is -0.465 e. The van der Waals surface area contributed by atoms with Crippen molar-refractivity contribution >= 4 is 34.3 Å². The van der Waals surface area contributed by atoms with Crippen LogP contribution in [-0.2, 0) is 26.4 Å². The number of rotatable bonds is 11. The van der Waals surface area contributed by atoms with Gasteiger partial charge in [0.25, 0.3) is 0 Å². The molecule has 10 nitrogen and oxygen atoms in total. The lowest BCUT2D eigenvalue weighted by Gasteiger charge is -2.33. The molecule has 0 saturated carbocycles. The number of H-pyrrole nitrogens is 1. The van der Waals surface area contributed by atoms with E-state index in [4.69, 9.17) is 20.9 Å². The quantitative estimate of drug-likeness (QED) is 0.101.